The fourth-order valence-corrected chi connectivity index (χ4v) is 2.10. The fourth-order valence-electron chi connectivity index (χ4n) is 2.10. The SMILES string of the molecule is COC1CC(NC(=NCC(C)C)NN)C1(C)C. The molecular weight excluding hydrogens is 216 g/mol. The summed E-state index contributed by atoms with van der Waals surface area (Å²) < 4.78 is 5.41. The minimum Gasteiger partial charge on any atom is -0.381 e. The summed E-state index contributed by atoms with van der Waals surface area (Å²) in [5, 5.41) is 3.35. The molecule has 2 atom stereocenters. The molecule has 0 aromatic carbocycles. The minimum atomic E-state index is 0.115. The van der Waals surface area contributed by atoms with E-state index in [9.17, 15) is 0 Å². The normalized spacial score (nSPS) is 27.8. The summed E-state index contributed by atoms with van der Waals surface area (Å²) in [5.41, 5.74) is 2.74. The van der Waals surface area contributed by atoms with Gasteiger partial charge in [0.1, 0.15) is 0 Å². The lowest BCUT2D eigenvalue weighted by atomic mass is 9.64. The summed E-state index contributed by atoms with van der Waals surface area (Å²) in [4.78, 5) is 4.41. The summed E-state index contributed by atoms with van der Waals surface area (Å²) in [7, 11) is 1.76. The Kier molecular flexibility index (Phi) is 4.77. The Morgan fingerprint density at radius 2 is 2.18 bits per heavy atom. The van der Waals surface area contributed by atoms with Gasteiger partial charge in [0.15, 0.2) is 0 Å². The fraction of sp³-hybridized carbons (Fsp3) is 0.917. The van der Waals surface area contributed by atoms with Gasteiger partial charge < -0.3 is 10.1 Å². The summed E-state index contributed by atoms with van der Waals surface area (Å²) in [5.74, 6) is 6.67. The van der Waals surface area contributed by atoms with E-state index in [1.807, 2.05) is 0 Å². The highest BCUT2D eigenvalue weighted by Crippen LogP contribution is 2.42. The van der Waals surface area contributed by atoms with Crippen LogP contribution in [-0.4, -0.2) is 31.8 Å². The van der Waals surface area contributed by atoms with Crippen LogP contribution in [0.5, 0.6) is 0 Å². The molecule has 0 amide bonds. The lowest BCUT2D eigenvalue weighted by Gasteiger charge is -2.51. The van der Waals surface area contributed by atoms with Gasteiger partial charge in [-0.05, 0) is 12.3 Å². The molecule has 1 fully saturated rings. The molecule has 0 spiro atoms. The molecule has 0 heterocycles. The van der Waals surface area contributed by atoms with E-state index in [1.165, 1.54) is 0 Å². The first-order chi connectivity index (χ1) is 7.91. The third-order valence-corrected chi connectivity index (χ3v) is 3.52. The van der Waals surface area contributed by atoms with Gasteiger partial charge in [-0.25, -0.2) is 5.84 Å². The zero-order chi connectivity index (χ0) is 13.1. The number of nitrogens with two attached hydrogens (primary N) is 1. The molecule has 5 heteroatoms. The second-order valence-electron chi connectivity index (χ2n) is 5.71. The van der Waals surface area contributed by atoms with Crippen LogP contribution in [0.1, 0.15) is 34.1 Å². The van der Waals surface area contributed by atoms with Crippen molar-refractivity contribution < 1.29 is 4.74 Å². The second kappa shape index (κ2) is 5.69. The van der Waals surface area contributed by atoms with Gasteiger partial charge in [-0.1, -0.05) is 27.7 Å². The molecule has 0 bridgehead atoms. The molecule has 5 nitrogen and oxygen atoms in total. The second-order valence-corrected chi connectivity index (χ2v) is 5.71. The van der Waals surface area contributed by atoms with Gasteiger partial charge in [-0.3, -0.25) is 10.4 Å². The molecule has 0 aliphatic heterocycles. The first kappa shape index (κ1) is 14.3. The molecule has 4 N–H and O–H groups in total. The van der Waals surface area contributed by atoms with Crippen molar-refractivity contribution in [3.8, 4) is 0 Å². The summed E-state index contributed by atoms with van der Waals surface area (Å²) in [6.45, 7) is 9.42. The van der Waals surface area contributed by atoms with Crippen molar-refractivity contribution >= 4 is 5.96 Å². The summed E-state index contributed by atoms with van der Waals surface area (Å²) >= 11 is 0. The number of methoxy groups -OCH3 is 1. The molecule has 0 saturated heterocycles. The molecule has 2 unspecified atom stereocenters. The number of nitrogens with zero attached hydrogens (tertiary/aromatic N) is 1. The third kappa shape index (κ3) is 3.33. The molecule has 1 aliphatic rings. The van der Waals surface area contributed by atoms with E-state index >= 15 is 0 Å². The van der Waals surface area contributed by atoms with Crippen molar-refractivity contribution in [1.29, 1.82) is 0 Å². The van der Waals surface area contributed by atoms with E-state index in [4.69, 9.17) is 10.6 Å². The van der Waals surface area contributed by atoms with E-state index in [2.05, 4.69) is 43.4 Å². The summed E-state index contributed by atoms with van der Waals surface area (Å²) in [6.07, 6.45) is 1.30. The molecule has 1 saturated carbocycles. The predicted molar refractivity (Wildman–Crippen MR) is 70.6 cm³/mol. The van der Waals surface area contributed by atoms with E-state index in [0.717, 1.165) is 13.0 Å². The predicted octanol–water partition coefficient (Wildman–Crippen LogP) is 0.865. The number of guanidine groups is 1. The van der Waals surface area contributed by atoms with Gasteiger partial charge in [-0.2, -0.15) is 0 Å². The Hall–Kier alpha value is -0.810. The number of aliphatic imine (C=N–C) groups is 1. The zero-order valence-corrected chi connectivity index (χ0v) is 11.6. The van der Waals surface area contributed by atoms with E-state index < -0.39 is 0 Å². The highest BCUT2D eigenvalue weighted by molar-refractivity contribution is 5.79. The van der Waals surface area contributed by atoms with Crippen LogP contribution in [0.4, 0.5) is 0 Å². The van der Waals surface area contributed by atoms with Crippen LogP contribution in [0.2, 0.25) is 0 Å². The maximum absolute atomic E-state index is 5.47. The number of hydrogen-bond acceptors (Lipinski definition) is 3. The number of hydrazine groups is 1. The van der Waals surface area contributed by atoms with Gasteiger partial charge in [0.2, 0.25) is 5.96 Å². The third-order valence-electron chi connectivity index (χ3n) is 3.52. The number of rotatable bonds is 4. The zero-order valence-electron chi connectivity index (χ0n) is 11.6. The van der Waals surface area contributed by atoms with Crippen molar-refractivity contribution in [3.63, 3.8) is 0 Å². The maximum atomic E-state index is 5.47. The van der Waals surface area contributed by atoms with Crippen LogP contribution in [-0.2, 0) is 4.74 Å². The maximum Gasteiger partial charge on any atom is 0.205 e. The topological polar surface area (TPSA) is 71.7 Å². The van der Waals surface area contributed by atoms with Crippen LogP contribution in [0, 0.1) is 11.3 Å². The van der Waals surface area contributed by atoms with Crippen LogP contribution in [0.3, 0.4) is 0 Å². The van der Waals surface area contributed by atoms with Crippen LogP contribution in [0.25, 0.3) is 0 Å². The highest BCUT2D eigenvalue weighted by atomic mass is 16.5. The highest BCUT2D eigenvalue weighted by Gasteiger charge is 2.48. The Balaban J connectivity index is 2.51. The lowest BCUT2D eigenvalue weighted by molar-refractivity contribution is -0.0922. The monoisotopic (exact) mass is 242 g/mol. The van der Waals surface area contributed by atoms with Gasteiger partial charge in [0.05, 0.1) is 6.10 Å². The van der Waals surface area contributed by atoms with Crippen molar-refractivity contribution in [3.05, 3.63) is 0 Å². The Morgan fingerprint density at radius 1 is 1.53 bits per heavy atom. The standard InChI is InChI=1S/C12H26N4O/c1-8(2)7-14-11(16-13)15-9-6-10(17-5)12(9,3)4/h8-10H,6-7,13H2,1-5H3,(H2,14,15,16). The molecular formula is C12H26N4O. The largest absolute Gasteiger partial charge is 0.381 e. The first-order valence-corrected chi connectivity index (χ1v) is 6.22. The molecule has 0 aromatic heterocycles. The van der Waals surface area contributed by atoms with Crippen molar-refractivity contribution in [1.82, 2.24) is 10.7 Å². The molecule has 1 aliphatic carbocycles. The van der Waals surface area contributed by atoms with E-state index in [1.54, 1.807) is 7.11 Å². The quantitative estimate of drug-likeness (QED) is 0.296. The Labute approximate surface area is 104 Å². The Bertz CT molecular complexity index is 276. The molecule has 0 aromatic rings. The molecule has 1 rings (SSSR count). The smallest absolute Gasteiger partial charge is 0.205 e. The van der Waals surface area contributed by atoms with E-state index in [-0.39, 0.29) is 5.41 Å². The van der Waals surface area contributed by atoms with Crippen LogP contribution < -0.4 is 16.6 Å². The summed E-state index contributed by atoms with van der Waals surface area (Å²) in [6, 6.07) is 0.356. The molecule has 0 radical (unpaired) electrons. The van der Waals surface area contributed by atoms with Gasteiger partial charge >= 0.3 is 0 Å². The van der Waals surface area contributed by atoms with Crippen LogP contribution in [0.15, 0.2) is 4.99 Å². The van der Waals surface area contributed by atoms with Gasteiger partial charge in [-0.15, -0.1) is 0 Å². The van der Waals surface area contributed by atoms with Crippen molar-refractivity contribution in [2.45, 2.75) is 46.3 Å². The van der Waals surface area contributed by atoms with Gasteiger partial charge in [0.25, 0.3) is 0 Å². The molecule has 100 valence electrons. The average Bonchev–Trinajstić information content (AvgIpc) is 2.27. The minimum absolute atomic E-state index is 0.115. The molecule has 17 heavy (non-hydrogen) atoms. The number of ether oxygens (including phenoxy) is 1. The average molecular weight is 242 g/mol. The van der Waals surface area contributed by atoms with Crippen LogP contribution >= 0.6 is 0 Å². The van der Waals surface area contributed by atoms with E-state index in [0.29, 0.717) is 24.0 Å². The first-order valence-electron chi connectivity index (χ1n) is 6.22. The van der Waals surface area contributed by atoms with Crippen molar-refractivity contribution in [2.24, 2.45) is 22.2 Å². The number of hydrogen-bond donors (Lipinski definition) is 3. The number of nitrogens with one attached hydrogen (secondary N) is 2. The van der Waals surface area contributed by atoms with Crippen molar-refractivity contribution in [2.75, 3.05) is 13.7 Å². The lowest BCUT2D eigenvalue weighted by Crippen LogP contribution is -2.63. The Morgan fingerprint density at radius 3 is 2.59 bits per heavy atom. The van der Waals surface area contributed by atoms with Gasteiger partial charge in [0, 0.05) is 25.1 Å².